The highest BCUT2D eigenvalue weighted by atomic mass is 32.2. The first-order valence-corrected chi connectivity index (χ1v) is 10.3. The highest BCUT2D eigenvalue weighted by Crippen LogP contribution is 2.27. The van der Waals surface area contributed by atoms with Crippen molar-refractivity contribution >= 4 is 15.7 Å². The molecule has 1 heterocycles. The molecule has 0 amide bonds. The summed E-state index contributed by atoms with van der Waals surface area (Å²) < 4.78 is 27.5. The second-order valence-electron chi connectivity index (χ2n) is 6.69. The Labute approximate surface area is 163 Å². The SMILES string of the molecule is O=[N+]([O-])c1ccc(-c2ccc(S(=O)(=O)N3CCc4ccccc4C3)cc2)cc1. The van der Waals surface area contributed by atoms with E-state index in [1.54, 1.807) is 36.4 Å². The number of benzene rings is 3. The molecule has 3 aromatic carbocycles. The molecule has 142 valence electrons. The minimum absolute atomic E-state index is 0.0216. The third kappa shape index (κ3) is 3.42. The molecule has 7 heteroatoms. The van der Waals surface area contributed by atoms with E-state index in [4.69, 9.17) is 0 Å². The Balaban J connectivity index is 1.57. The summed E-state index contributed by atoms with van der Waals surface area (Å²) in [7, 11) is -3.58. The fourth-order valence-electron chi connectivity index (χ4n) is 3.42. The van der Waals surface area contributed by atoms with Gasteiger partial charge in [-0.15, -0.1) is 0 Å². The van der Waals surface area contributed by atoms with E-state index in [0.29, 0.717) is 19.5 Å². The van der Waals surface area contributed by atoms with Crippen LogP contribution in [-0.2, 0) is 23.0 Å². The Hall–Kier alpha value is -3.03. The van der Waals surface area contributed by atoms with E-state index in [9.17, 15) is 18.5 Å². The molecule has 28 heavy (non-hydrogen) atoms. The summed E-state index contributed by atoms with van der Waals surface area (Å²) in [5.74, 6) is 0. The first-order valence-electron chi connectivity index (χ1n) is 8.87. The second-order valence-corrected chi connectivity index (χ2v) is 8.62. The van der Waals surface area contributed by atoms with Crippen molar-refractivity contribution in [1.29, 1.82) is 0 Å². The molecule has 1 aliphatic rings. The number of non-ortho nitro benzene ring substituents is 1. The number of sulfonamides is 1. The van der Waals surface area contributed by atoms with E-state index in [1.807, 2.05) is 24.3 Å². The fraction of sp³-hybridized carbons (Fsp3) is 0.143. The lowest BCUT2D eigenvalue weighted by Gasteiger charge is -2.28. The van der Waals surface area contributed by atoms with Crippen molar-refractivity contribution in [3.8, 4) is 11.1 Å². The van der Waals surface area contributed by atoms with Crippen molar-refractivity contribution < 1.29 is 13.3 Å². The van der Waals surface area contributed by atoms with Crippen molar-refractivity contribution in [2.45, 2.75) is 17.9 Å². The highest BCUT2D eigenvalue weighted by Gasteiger charge is 2.28. The van der Waals surface area contributed by atoms with Crippen molar-refractivity contribution in [2.24, 2.45) is 0 Å². The average molecular weight is 394 g/mol. The Morgan fingerprint density at radius 3 is 2.00 bits per heavy atom. The van der Waals surface area contributed by atoms with Gasteiger partial charge in [0.1, 0.15) is 0 Å². The molecule has 0 bridgehead atoms. The molecule has 0 N–H and O–H groups in total. The molecule has 0 unspecified atom stereocenters. The zero-order valence-electron chi connectivity index (χ0n) is 15.0. The maximum atomic E-state index is 13.0. The zero-order valence-corrected chi connectivity index (χ0v) is 15.8. The van der Waals surface area contributed by atoms with Crippen LogP contribution in [0.1, 0.15) is 11.1 Å². The van der Waals surface area contributed by atoms with Gasteiger partial charge in [0.15, 0.2) is 0 Å². The standard InChI is InChI=1S/C21H18N2O4S/c24-23(25)20-9-5-17(6-10-20)18-7-11-21(12-8-18)28(26,27)22-14-13-16-3-1-2-4-19(16)15-22/h1-12H,13-15H2. The summed E-state index contributed by atoms with van der Waals surface area (Å²) in [6.07, 6.45) is 0.705. The number of hydrogen-bond acceptors (Lipinski definition) is 4. The Kier molecular flexibility index (Phi) is 4.70. The van der Waals surface area contributed by atoms with Crippen LogP contribution in [0.25, 0.3) is 11.1 Å². The Bertz CT molecular complexity index is 1120. The van der Waals surface area contributed by atoms with Gasteiger partial charge in [0.05, 0.1) is 9.82 Å². The van der Waals surface area contributed by atoms with Gasteiger partial charge in [0, 0.05) is 25.2 Å². The number of nitro groups is 1. The maximum Gasteiger partial charge on any atom is 0.269 e. The van der Waals surface area contributed by atoms with Crippen LogP contribution in [0.2, 0.25) is 0 Å². The van der Waals surface area contributed by atoms with Crippen molar-refractivity contribution in [3.63, 3.8) is 0 Å². The van der Waals surface area contributed by atoms with Gasteiger partial charge in [-0.05, 0) is 52.9 Å². The minimum Gasteiger partial charge on any atom is -0.258 e. The van der Waals surface area contributed by atoms with Crippen LogP contribution in [0.5, 0.6) is 0 Å². The lowest BCUT2D eigenvalue weighted by molar-refractivity contribution is -0.384. The first-order chi connectivity index (χ1) is 13.4. The molecule has 0 aromatic heterocycles. The average Bonchev–Trinajstić information content (AvgIpc) is 2.73. The molecule has 0 aliphatic carbocycles. The van der Waals surface area contributed by atoms with Crippen LogP contribution in [0.4, 0.5) is 5.69 Å². The molecule has 3 aromatic rings. The smallest absolute Gasteiger partial charge is 0.258 e. The maximum absolute atomic E-state index is 13.0. The van der Waals surface area contributed by atoms with E-state index >= 15 is 0 Å². The normalized spacial score (nSPS) is 14.4. The van der Waals surface area contributed by atoms with E-state index in [2.05, 4.69) is 0 Å². The van der Waals surface area contributed by atoms with E-state index in [-0.39, 0.29) is 10.6 Å². The van der Waals surface area contributed by atoms with Gasteiger partial charge < -0.3 is 0 Å². The quantitative estimate of drug-likeness (QED) is 0.495. The zero-order chi connectivity index (χ0) is 19.7. The van der Waals surface area contributed by atoms with Crippen LogP contribution in [-0.4, -0.2) is 24.2 Å². The summed E-state index contributed by atoms with van der Waals surface area (Å²) in [5, 5.41) is 10.8. The van der Waals surface area contributed by atoms with Gasteiger partial charge >= 0.3 is 0 Å². The molecule has 0 atom stereocenters. The summed E-state index contributed by atoms with van der Waals surface area (Å²) in [6, 6.07) is 20.7. The molecule has 0 saturated heterocycles. The number of nitro benzene ring substituents is 1. The molecule has 0 fully saturated rings. The number of fused-ring (bicyclic) bond motifs is 1. The van der Waals surface area contributed by atoms with E-state index in [1.165, 1.54) is 22.0 Å². The molecule has 6 nitrogen and oxygen atoms in total. The van der Waals surface area contributed by atoms with Crippen LogP contribution < -0.4 is 0 Å². The molecular weight excluding hydrogens is 376 g/mol. The summed E-state index contributed by atoms with van der Waals surface area (Å²) in [4.78, 5) is 10.6. The van der Waals surface area contributed by atoms with Crippen LogP contribution in [0.15, 0.2) is 77.7 Å². The topological polar surface area (TPSA) is 80.5 Å². The monoisotopic (exact) mass is 394 g/mol. The van der Waals surface area contributed by atoms with Gasteiger partial charge in [0.2, 0.25) is 10.0 Å². The van der Waals surface area contributed by atoms with Crippen molar-refractivity contribution in [2.75, 3.05) is 6.54 Å². The number of hydrogen-bond donors (Lipinski definition) is 0. The summed E-state index contributed by atoms with van der Waals surface area (Å²) >= 11 is 0. The van der Waals surface area contributed by atoms with Gasteiger partial charge in [0.25, 0.3) is 5.69 Å². The minimum atomic E-state index is -3.58. The summed E-state index contributed by atoms with van der Waals surface area (Å²) in [6.45, 7) is 0.839. The third-order valence-corrected chi connectivity index (χ3v) is 6.86. The summed E-state index contributed by atoms with van der Waals surface area (Å²) in [5.41, 5.74) is 3.86. The predicted octanol–water partition coefficient (Wildman–Crippen LogP) is 4.01. The van der Waals surface area contributed by atoms with Crippen LogP contribution >= 0.6 is 0 Å². The molecule has 0 spiro atoms. The fourth-order valence-corrected chi connectivity index (χ4v) is 4.84. The number of nitrogens with zero attached hydrogens (tertiary/aromatic N) is 2. The molecule has 1 aliphatic heterocycles. The van der Waals surface area contributed by atoms with Gasteiger partial charge in [-0.2, -0.15) is 4.31 Å². The van der Waals surface area contributed by atoms with Gasteiger partial charge in [-0.3, -0.25) is 10.1 Å². The van der Waals surface area contributed by atoms with Gasteiger partial charge in [-0.25, -0.2) is 8.42 Å². The Morgan fingerprint density at radius 2 is 1.39 bits per heavy atom. The van der Waals surface area contributed by atoms with Gasteiger partial charge in [-0.1, -0.05) is 36.4 Å². The van der Waals surface area contributed by atoms with Crippen LogP contribution in [0, 0.1) is 10.1 Å². The molecule has 0 saturated carbocycles. The molecular formula is C21H18N2O4S. The third-order valence-electron chi connectivity index (χ3n) is 5.00. The predicted molar refractivity (Wildman–Crippen MR) is 106 cm³/mol. The number of rotatable bonds is 4. The largest absolute Gasteiger partial charge is 0.269 e. The highest BCUT2D eigenvalue weighted by molar-refractivity contribution is 7.89. The lowest BCUT2D eigenvalue weighted by atomic mass is 10.0. The van der Waals surface area contributed by atoms with Crippen molar-refractivity contribution in [1.82, 2.24) is 4.31 Å². The molecule has 4 rings (SSSR count). The Morgan fingerprint density at radius 1 is 0.821 bits per heavy atom. The van der Waals surface area contributed by atoms with E-state index in [0.717, 1.165) is 16.7 Å². The second kappa shape index (κ2) is 7.18. The van der Waals surface area contributed by atoms with Crippen molar-refractivity contribution in [3.05, 3.63) is 94.0 Å². The lowest BCUT2D eigenvalue weighted by Crippen LogP contribution is -2.35. The van der Waals surface area contributed by atoms with E-state index < -0.39 is 14.9 Å². The first kappa shape index (κ1) is 18.3. The van der Waals surface area contributed by atoms with Crippen LogP contribution in [0.3, 0.4) is 0 Å². The molecule has 0 radical (unpaired) electrons.